The first-order chi connectivity index (χ1) is 13.2. The largest absolute Gasteiger partial charge is 0.310 e. The van der Waals surface area contributed by atoms with Gasteiger partial charge in [0.05, 0.1) is 11.9 Å². The maximum absolute atomic E-state index is 12.4. The van der Waals surface area contributed by atoms with Crippen LogP contribution in [0, 0.1) is 0 Å². The Morgan fingerprint density at radius 1 is 1.00 bits per heavy atom. The van der Waals surface area contributed by atoms with Crippen molar-refractivity contribution in [3.8, 4) is 5.69 Å². The molecule has 0 unspecified atom stereocenters. The van der Waals surface area contributed by atoms with Gasteiger partial charge in [-0.2, -0.15) is 5.10 Å². The van der Waals surface area contributed by atoms with Gasteiger partial charge in [0.2, 0.25) is 5.91 Å². The summed E-state index contributed by atoms with van der Waals surface area (Å²) in [6, 6.07) is 22.1. The molecule has 0 radical (unpaired) electrons. The zero-order chi connectivity index (χ0) is 18.4. The van der Waals surface area contributed by atoms with Crippen LogP contribution in [0.3, 0.4) is 0 Å². The van der Waals surface area contributed by atoms with E-state index < -0.39 is 0 Å². The van der Waals surface area contributed by atoms with E-state index in [4.69, 9.17) is 11.6 Å². The van der Waals surface area contributed by atoms with Crippen LogP contribution in [0.15, 0.2) is 72.9 Å². The molecule has 0 saturated heterocycles. The molecule has 1 atom stereocenters. The second-order valence-corrected chi connectivity index (χ2v) is 7.19. The van der Waals surface area contributed by atoms with Crippen LogP contribution in [0.1, 0.15) is 23.5 Å². The van der Waals surface area contributed by atoms with Crippen LogP contribution in [0.2, 0.25) is 5.02 Å². The fraction of sp³-hybridized carbons (Fsp3) is 0.0909. The van der Waals surface area contributed by atoms with Crippen LogP contribution in [0.4, 0.5) is 5.82 Å². The van der Waals surface area contributed by atoms with Crippen molar-refractivity contribution in [1.29, 1.82) is 0 Å². The van der Waals surface area contributed by atoms with E-state index >= 15 is 0 Å². The van der Waals surface area contributed by atoms with Gasteiger partial charge in [0, 0.05) is 22.9 Å². The van der Waals surface area contributed by atoms with E-state index in [2.05, 4.69) is 40.7 Å². The molecule has 4 nitrogen and oxygen atoms in total. The molecule has 5 rings (SSSR count). The van der Waals surface area contributed by atoms with Crippen molar-refractivity contribution in [1.82, 2.24) is 9.78 Å². The van der Waals surface area contributed by atoms with Crippen LogP contribution in [-0.4, -0.2) is 15.7 Å². The summed E-state index contributed by atoms with van der Waals surface area (Å²) < 4.78 is 1.74. The number of carbonyl (C=O) groups is 1. The van der Waals surface area contributed by atoms with Crippen LogP contribution in [0.25, 0.3) is 16.5 Å². The molecule has 0 fully saturated rings. The van der Waals surface area contributed by atoms with Gasteiger partial charge in [-0.1, -0.05) is 60.1 Å². The molecule has 132 valence electrons. The lowest BCUT2D eigenvalue weighted by molar-refractivity contribution is -0.116. The molecular weight excluding hydrogens is 358 g/mol. The zero-order valence-corrected chi connectivity index (χ0v) is 15.1. The maximum Gasteiger partial charge on any atom is 0.226 e. The van der Waals surface area contributed by atoms with E-state index in [0.717, 1.165) is 16.8 Å². The molecule has 5 heteroatoms. The van der Waals surface area contributed by atoms with Crippen molar-refractivity contribution < 1.29 is 4.79 Å². The third kappa shape index (κ3) is 2.78. The third-order valence-electron chi connectivity index (χ3n) is 5.05. The van der Waals surface area contributed by atoms with E-state index in [1.54, 1.807) is 4.68 Å². The van der Waals surface area contributed by atoms with Crippen molar-refractivity contribution >= 4 is 34.1 Å². The Kier molecular flexibility index (Phi) is 3.73. The molecule has 1 aliphatic rings. The molecule has 2 heterocycles. The summed E-state index contributed by atoms with van der Waals surface area (Å²) in [4.78, 5) is 12.4. The van der Waals surface area contributed by atoms with Crippen LogP contribution < -0.4 is 5.32 Å². The van der Waals surface area contributed by atoms with Gasteiger partial charge in [0.1, 0.15) is 5.82 Å². The molecule has 0 bridgehead atoms. The topological polar surface area (TPSA) is 46.9 Å². The maximum atomic E-state index is 12.4. The first kappa shape index (κ1) is 16.1. The minimum atomic E-state index is -0.0220. The zero-order valence-electron chi connectivity index (χ0n) is 14.4. The van der Waals surface area contributed by atoms with Crippen molar-refractivity contribution in [2.45, 2.75) is 12.3 Å². The number of aromatic nitrogens is 2. The standard InChI is InChI=1S/C22H16ClN3O/c23-17-6-3-7-18(11-17)26-22-20(13-24-26)19(12-21(27)25-22)16-9-8-14-4-1-2-5-15(14)10-16/h1-11,13,19H,12H2,(H,25,27)/t19-/m1/s1. The van der Waals surface area contributed by atoms with Crippen LogP contribution >= 0.6 is 11.6 Å². The Morgan fingerprint density at radius 3 is 2.70 bits per heavy atom. The summed E-state index contributed by atoms with van der Waals surface area (Å²) in [5, 5.41) is 10.5. The molecule has 0 aliphatic carbocycles. The summed E-state index contributed by atoms with van der Waals surface area (Å²) >= 11 is 6.13. The molecule has 27 heavy (non-hydrogen) atoms. The highest BCUT2D eigenvalue weighted by Gasteiger charge is 2.30. The quantitative estimate of drug-likeness (QED) is 0.528. The number of carbonyl (C=O) groups excluding carboxylic acids is 1. The number of benzene rings is 3. The summed E-state index contributed by atoms with van der Waals surface area (Å²) in [5.74, 6) is 0.683. The lowest BCUT2D eigenvalue weighted by atomic mass is 9.86. The summed E-state index contributed by atoms with van der Waals surface area (Å²) in [7, 11) is 0. The first-order valence-electron chi connectivity index (χ1n) is 8.81. The van der Waals surface area contributed by atoms with E-state index in [1.165, 1.54) is 10.8 Å². The van der Waals surface area contributed by atoms with Gasteiger partial charge in [-0.15, -0.1) is 0 Å². The highest BCUT2D eigenvalue weighted by molar-refractivity contribution is 6.30. The average molecular weight is 374 g/mol. The Morgan fingerprint density at radius 2 is 1.85 bits per heavy atom. The Hall–Kier alpha value is -3.11. The van der Waals surface area contributed by atoms with Gasteiger partial charge < -0.3 is 5.32 Å². The Bertz CT molecular complexity index is 1180. The molecule has 1 N–H and O–H groups in total. The van der Waals surface area contributed by atoms with Crippen molar-refractivity contribution in [2.24, 2.45) is 0 Å². The number of nitrogens with one attached hydrogen (secondary N) is 1. The van der Waals surface area contributed by atoms with Gasteiger partial charge >= 0.3 is 0 Å². The molecule has 1 amide bonds. The minimum absolute atomic E-state index is 0.00978. The van der Waals surface area contributed by atoms with Gasteiger partial charge in [-0.05, 0) is 34.5 Å². The van der Waals surface area contributed by atoms with E-state index in [1.807, 2.05) is 42.6 Å². The first-order valence-corrected chi connectivity index (χ1v) is 9.19. The van der Waals surface area contributed by atoms with E-state index in [0.29, 0.717) is 17.3 Å². The summed E-state index contributed by atoms with van der Waals surface area (Å²) in [5.41, 5.74) is 2.96. The van der Waals surface area contributed by atoms with E-state index in [-0.39, 0.29) is 11.8 Å². The number of halogens is 1. The predicted molar refractivity (Wildman–Crippen MR) is 108 cm³/mol. The average Bonchev–Trinajstić information content (AvgIpc) is 3.10. The number of hydrogen-bond acceptors (Lipinski definition) is 2. The predicted octanol–water partition coefficient (Wildman–Crippen LogP) is 5.15. The van der Waals surface area contributed by atoms with Gasteiger partial charge in [0.25, 0.3) is 0 Å². The van der Waals surface area contributed by atoms with Crippen molar-refractivity contribution in [2.75, 3.05) is 5.32 Å². The lowest BCUT2D eigenvalue weighted by Crippen LogP contribution is -2.24. The molecule has 0 spiro atoms. The summed E-state index contributed by atoms with van der Waals surface area (Å²) in [6.07, 6.45) is 2.25. The number of rotatable bonds is 2. The number of fused-ring (bicyclic) bond motifs is 2. The fourth-order valence-corrected chi connectivity index (χ4v) is 3.93. The molecule has 4 aromatic rings. The highest BCUT2D eigenvalue weighted by Crippen LogP contribution is 2.39. The number of amides is 1. The molecule has 3 aromatic carbocycles. The SMILES string of the molecule is O=C1C[C@H](c2ccc3ccccc3c2)c2cnn(-c3cccc(Cl)c3)c2N1. The van der Waals surface area contributed by atoms with Crippen LogP contribution in [-0.2, 0) is 4.79 Å². The minimum Gasteiger partial charge on any atom is -0.310 e. The Balaban J connectivity index is 1.63. The lowest BCUT2D eigenvalue weighted by Gasteiger charge is -2.24. The van der Waals surface area contributed by atoms with E-state index in [9.17, 15) is 4.79 Å². The number of nitrogens with zero attached hydrogens (tertiary/aromatic N) is 2. The second kappa shape index (κ2) is 6.25. The number of hydrogen-bond donors (Lipinski definition) is 1. The fourth-order valence-electron chi connectivity index (χ4n) is 3.75. The monoisotopic (exact) mass is 373 g/mol. The van der Waals surface area contributed by atoms with Crippen molar-refractivity contribution in [3.05, 3.63) is 89.1 Å². The summed E-state index contributed by atoms with van der Waals surface area (Å²) in [6.45, 7) is 0. The van der Waals surface area contributed by atoms with Gasteiger partial charge in [0.15, 0.2) is 0 Å². The normalized spacial score (nSPS) is 16.2. The van der Waals surface area contributed by atoms with Crippen molar-refractivity contribution in [3.63, 3.8) is 0 Å². The Labute approximate surface area is 161 Å². The van der Waals surface area contributed by atoms with Gasteiger partial charge in [-0.3, -0.25) is 4.79 Å². The highest BCUT2D eigenvalue weighted by atomic mass is 35.5. The van der Waals surface area contributed by atoms with Gasteiger partial charge in [-0.25, -0.2) is 4.68 Å². The molecule has 1 aliphatic heterocycles. The molecule has 1 aromatic heterocycles. The number of anilines is 1. The smallest absolute Gasteiger partial charge is 0.226 e. The third-order valence-corrected chi connectivity index (χ3v) is 5.28. The second-order valence-electron chi connectivity index (χ2n) is 6.75. The van der Waals surface area contributed by atoms with Crippen LogP contribution in [0.5, 0.6) is 0 Å². The molecular formula is C22H16ClN3O. The molecule has 0 saturated carbocycles.